The molecule has 274 valence electrons. The summed E-state index contributed by atoms with van der Waals surface area (Å²) in [7, 11) is -1.82. The van der Waals surface area contributed by atoms with E-state index in [9.17, 15) is 31.1 Å². The van der Waals surface area contributed by atoms with Crippen LogP contribution in [0.4, 0.5) is 26.3 Å². The van der Waals surface area contributed by atoms with Crippen LogP contribution in [0.5, 0.6) is 0 Å². The minimum Gasteiger partial charge on any atom is -0.542 e. The number of carbonyl (C=O) groups excluding carboxylic acids is 2. The molecular formula is C34H41F6N4O5P. The second-order valence-electron chi connectivity index (χ2n) is 11.4. The third kappa shape index (κ3) is 15.0. The van der Waals surface area contributed by atoms with Crippen LogP contribution in [0.3, 0.4) is 0 Å². The predicted molar refractivity (Wildman–Crippen MR) is 180 cm³/mol. The lowest BCUT2D eigenvalue weighted by Crippen LogP contribution is -2.40. The van der Waals surface area contributed by atoms with Crippen molar-refractivity contribution < 1.29 is 50.9 Å². The van der Waals surface area contributed by atoms with Crippen molar-refractivity contribution in [3.63, 3.8) is 0 Å². The van der Waals surface area contributed by atoms with Crippen LogP contribution in [0, 0.1) is 10.8 Å². The third-order valence-electron chi connectivity index (χ3n) is 7.13. The maximum atomic E-state index is 12.8. The molecule has 1 amide bonds. The standard InChI is InChI=1S/C30H39N4OP.2C2HF3O2/c1-30(2,20-22-33-24-28(31)32)29(35)34-21-12-13-23-36(25-14-6-3-7-15-25,26-16-8-4-9-17-26)27-18-10-5-11-19-27;2*3-2(4,5)1(6)7/h3-11,14-19,33H,12-13,20-24H2,1-2H3,(H3-,31,32,34,35);2*(H,6,7). The topological polar surface area (TPSA) is 168 Å². The minimum absolute atomic E-state index is 0.0716. The Bertz CT molecular complexity index is 1370. The number of amides is 1. The van der Waals surface area contributed by atoms with Crippen LogP contribution in [0.15, 0.2) is 91.0 Å². The maximum Gasteiger partial charge on any atom is 0.490 e. The molecule has 0 aliphatic rings. The number of nitrogens with two attached hydrogens (primary N) is 1. The van der Waals surface area contributed by atoms with Gasteiger partial charge in [-0.2, -0.15) is 26.3 Å². The van der Waals surface area contributed by atoms with Crippen molar-refractivity contribution in [1.29, 1.82) is 5.41 Å². The molecule has 0 aliphatic heterocycles. The van der Waals surface area contributed by atoms with Crippen LogP contribution in [0.1, 0.15) is 33.1 Å². The minimum atomic E-state index is -5.19. The molecule has 0 saturated carbocycles. The van der Waals surface area contributed by atoms with E-state index < -0.39 is 37.0 Å². The number of halogens is 6. The SMILES string of the molecule is CC(C)(CCNCC(=N)N)C(=O)NCCCC[P+](c1ccccc1)(c1ccccc1)c1ccccc1.O=C(O)C(F)(F)F.O=C([O-])C(F)(F)F. The molecule has 3 aromatic carbocycles. The van der Waals surface area contributed by atoms with Crippen molar-refractivity contribution in [3.05, 3.63) is 91.0 Å². The van der Waals surface area contributed by atoms with Crippen LogP contribution in [-0.4, -0.2) is 66.9 Å². The van der Waals surface area contributed by atoms with Crippen LogP contribution in [0.2, 0.25) is 0 Å². The fourth-order valence-electron chi connectivity index (χ4n) is 4.53. The van der Waals surface area contributed by atoms with Gasteiger partial charge >= 0.3 is 18.3 Å². The maximum absolute atomic E-state index is 12.8. The Morgan fingerprint density at radius 3 is 1.46 bits per heavy atom. The van der Waals surface area contributed by atoms with Gasteiger partial charge in [-0.15, -0.1) is 0 Å². The summed E-state index contributed by atoms with van der Waals surface area (Å²) in [6.07, 6.45) is -6.58. The smallest absolute Gasteiger partial charge is 0.490 e. The quantitative estimate of drug-likeness (QED) is 0.0554. The van der Waals surface area contributed by atoms with E-state index in [2.05, 4.69) is 102 Å². The highest BCUT2D eigenvalue weighted by Crippen LogP contribution is 2.55. The van der Waals surface area contributed by atoms with E-state index in [1.165, 1.54) is 15.9 Å². The normalized spacial score (nSPS) is 11.6. The number of nitrogens with one attached hydrogen (secondary N) is 3. The Morgan fingerprint density at radius 2 is 1.14 bits per heavy atom. The summed E-state index contributed by atoms with van der Waals surface area (Å²) in [5.41, 5.74) is 4.91. The summed E-state index contributed by atoms with van der Waals surface area (Å²) in [4.78, 5) is 30.5. The number of alkyl halides is 6. The van der Waals surface area contributed by atoms with Crippen molar-refractivity contribution in [2.45, 2.75) is 45.5 Å². The van der Waals surface area contributed by atoms with Gasteiger partial charge in [-0.1, -0.05) is 68.4 Å². The zero-order valence-corrected chi connectivity index (χ0v) is 28.4. The van der Waals surface area contributed by atoms with Crippen LogP contribution in [0.25, 0.3) is 0 Å². The van der Waals surface area contributed by atoms with E-state index in [1.807, 2.05) is 13.8 Å². The van der Waals surface area contributed by atoms with Crippen LogP contribution >= 0.6 is 7.26 Å². The van der Waals surface area contributed by atoms with E-state index in [-0.39, 0.29) is 11.7 Å². The molecule has 0 aromatic heterocycles. The Morgan fingerprint density at radius 1 is 0.760 bits per heavy atom. The summed E-state index contributed by atoms with van der Waals surface area (Å²) in [6.45, 7) is 5.61. The zero-order chi connectivity index (χ0) is 38.0. The van der Waals surface area contributed by atoms with Gasteiger partial charge < -0.3 is 31.4 Å². The van der Waals surface area contributed by atoms with Crippen LogP contribution in [-0.2, 0) is 14.4 Å². The highest BCUT2D eigenvalue weighted by Gasteiger charge is 2.44. The third-order valence-corrected chi connectivity index (χ3v) is 11.7. The molecule has 0 aliphatic carbocycles. The van der Waals surface area contributed by atoms with Gasteiger partial charge in [0.1, 0.15) is 35.0 Å². The molecule has 0 unspecified atom stereocenters. The number of benzene rings is 3. The molecule has 0 fully saturated rings. The van der Waals surface area contributed by atoms with E-state index in [1.54, 1.807) is 0 Å². The molecule has 50 heavy (non-hydrogen) atoms. The molecule has 0 saturated heterocycles. The van der Waals surface area contributed by atoms with E-state index in [0.29, 0.717) is 26.1 Å². The number of carbonyl (C=O) groups is 3. The number of aliphatic carboxylic acids is 2. The second-order valence-corrected chi connectivity index (χ2v) is 15.0. The summed E-state index contributed by atoms with van der Waals surface area (Å²) in [5.74, 6) is -5.58. The summed E-state index contributed by atoms with van der Waals surface area (Å²) in [6, 6.07) is 32.8. The highest BCUT2D eigenvalue weighted by atomic mass is 31.2. The molecule has 3 rings (SSSR count). The van der Waals surface area contributed by atoms with Crippen molar-refractivity contribution in [3.8, 4) is 0 Å². The molecule has 9 nitrogen and oxygen atoms in total. The van der Waals surface area contributed by atoms with Gasteiger partial charge in [-0.05, 0) is 62.2 Å². The fourth-order valence-corrected chi connectivity index (χ4v) is 8.94. The van der Waals surface area contributed by atoms with E-state index in [0.717, 1.165) is 19.0 Å². The Labute approximate surface area is 287 Å². The van der Waals surface area contributed by atoms with Crippen molar-refractivity contribution in [2.75, 3.05) is 25.8 Å². The molecule has 6 N–H and O–H groups in total. The first-order valence-electron chi connectivity index (χ1n) is 15.2. The van der Waals surface area contributed by atoms with Crippen molar-refractivity contribution in [2.24, 2.45) is 11.1 Å². The number of carboxylic acids is 2. The number of amidine groups is 1. The van der Waals surface area contributed by atoms with Gasteiger partial charge in [0, 0.05) is 12.0 Å². The number of rotatable bonds is 14. The van der Waals surface area contributed by atoms with Crippen LogP contribution < -0.4 is 37.4 Å². The second kappa shape index (κ2) is 20.2. The lowest BCUT2D eigenvalue weighted by atomic mass is 9.88. The lowest BCUT2D eigenvalue weighted by molar-refractivity contribution is -0.344. The molecule has 0 heterocycles. The molecule has 16 heteroatoms. The summed E-state index contributed by atoms with van der Waals surface area (Å²) >= 11 is 0. The largest absolute Gasteiger partial charge is 0.542 e. The van der Waals surface area contributed by atoms with E-state index >= 15 is 0 Å². The first-order chi connectivity index (χ1) is 23.2. The van der Waals surface area contributed by atoms with Gasteiger partial charge in [-0.3, -0.25) is 10.2 Å². The first kappa shape index (κ1) is 43.5. The summed E-state index contributed by atoms with van der Waals surface area (Å²) in [5, 5.41) is 33.6. The van der Waals surface area contributed by atoms with E-state index in [4.69, 9.17) is 30.9 Å². The van der Waals surface area contributed by atoms with Crippen molar-refractivity contribution >= 4 is 46.9 Å². The first-order valence-corrected chi connectivity index (χ1v) is 17.2. The number of hydrogen-bond acceptors (Lipinski definition) is 6. The monoisotopic (exact) mass is 730 g/mol. The van der Waals surface area contributed by atoms with Gasteiger partial charge in [0.15, 0.2) is 0 Å². The molecule has 0 bridgehead atoms. The van der Waals surface area contributed by atoms with Gasteiger partial charge in [0.25, 0.3) is 0 Å². The molecule has 0 spiro atoms. The zero-order valence-electron chi connectivity index (χ0n) is 27.5. The molecule has 0 atom stereocenters. The Kier molecular flexibility index (Phi) is 17.6. The van der Waals surface area contributed by atoms with Gasteiger partial charge in [0.05, 0.1) is 12.7 Å². The van der Waals surface area contributed by atoms with Gasteiger partial charge in [0.2, 0.25) is 5.91 Å². The highest BCUT2D eigenvalue weighted by molar-refractivity contribution is 7.95. The average Bonchev–Trinajstić information content (AvgIpc) is 3.05. The number of hydrogen-bond donors (Lipinski definition) is 5. The number of unbranched alkanes of at least 4 members (excludes halogenated alkanes) is 1. The Balaban J connectivity index is 0.000000748. The molecule has 3 aromatic rings. The average molecular weight is 731 g/mol. The number of carboxylic acid groups (broad SMARTS) is 2. The predicted octanol–water partition coefficient (Wildman–Crippen LogP) is 3.75. The lowest BCUT2D eigenvalue weighted by Gasteiger charge is -2.28. The van der Waals surface area contributed by atoms with Crippen molar-refractivity contribution in [1.82, 2.24) is 10.6 Å². The molecule has 0 radical (unpaired) electrons. The van der Waals surface area contributed by atoms with Gasteiger partial charge in [-0.25, -0.2) is 4.79 Å². The summed E-state index contributed by atoms with van der Waals surface area (Å²) < 4.78 is 63.3. The molecular weight excluding hydrogens is 689 g/mol. The fraction of sp³-hybridized carbons (Fsp3) is 0.353. The Hall–Kier alpha value is -4.49.